The van der Waals surface area contributed by atoms with Crippen LogP contribution in [-0.2, 0) is 20.9 Å². The minimum absolute atomic E-state index is 0.0342. The fraction of sp³-hybridized carbons (Fsp3) is 0.577. The molecule has 2 saturated heterocycles. The molecule has 0 saturated carbocycles. The van der Waals surface area contributed by atoms with Crippen LogP contribution in [0, 0.1) is 6.92 Å². The van der Waals surface area contributed by atoms with Gasteiger partial charge in [-0.05, 0) is 50.2 Å². The minimum Gasteiger partial charge on any atom is -0.490 e. The number of halogens is 1. The zero-order valence-electron chi connectivity index (χ0n) is 21.2. The summed E-state index contributed by atoms with van der Waals surface area (Å²) in [5.74, 6) is 0.755. The van der Waals surface area contributed by atoms with E-state index in [4.69, 9.17) is 21.1 Å². The van der Waals surface area contributed by atoms with Gasteiger partial charge < -0.3 is 24.2 Å². The maximum atomic E-state index is 13.3. The molecule has 0 N–H and O–H groups in total. The molecule has 3 heterocycles. The van der Waals surface area contributed by atoms with Crippen LogP contribution >= 0.6 is 11.6 Å². The number of aromatic nitrogens is 2. The Morgan fingerprint density at radius 3 is 2.67 bits per heavy atom. The molecule has 10 heteroatoms. The van der Waals surface area contributed by atoms with E-state index in [0.29, 0.717) is 62.9 Å². The van der Waals surface area contributed by atoms with E-state index >= 15 is 0 Å². The molecule has 1 aromatic heterocycles. The van der Waals surface area contributed by atoms with Crippen LogP contribution in [0.1, 0.15) is 24.8 Å². The first-order valence-electron chi connectivity index (χ1n) is 12.6. The number of ether oxygens (including phenoxy) is 2. The molecule has 196 valence electrons. The number of hydrogen-bond donors (Lipinski definition) is 0. The Morgan fingerprint density at radius 1 is 1.14 bits per heavy atom. The number of amides is 2. The summed E-state index contributed by atoms with van der Waals surface area (Å²) in [5, 5.41) is 4.87. The Morgan fingerprint density at radius 2 is 1.94 bits per heavy atom. The number of nitrogens with zero attached hydrogens (tertiary/aromatic N) is 5. The number of aryl methyl sites for hydroxylation is 2. The minimum atomic E-state index is -0.913. The summed E-state index contributed by atoms with van der Waals surface area (Å²) < 4.78 is 14.2. The van der Waals surface area contributed by atoms with Crippen LogP contribution in [0.2, 0.25) is 5.02 Å². The molecule has 0 spiro atoms. The van der Waals surface area contributed by atoms with Crippen molar-refractivity contribution in [3.63, 3.8) is 0 Å². The Bertz CT molecular complexity index is 1030. The quantitative estimate of drug-likeness (QED) is 0.508. The molecule has 2 aliphatic heterocycles. The average Bonchev–Trinajstić information content (AvgIpc) is 3.39. The van der Waals surface area contributed by atoms with Crippen LogP contribution < -0.4 is 4.74 Å². The molecule has 1 aromatic carbocycles. The first-order chi connectivity index (χ1) is 17.3. The first kappa shape index (κ1) is 26.4. The highest BCUT2D eigenvalue weighted by atomic mass is 35.5. The second kappa shape index (κ2) is 12.1. The molecule has 2 amide bonds. The molecule has 4 rings (SSSR count). The number of carbonyl (C=O) groups is 2. The van der Waals surface area contributed by atoms with Crippen molar-refractivity contribution in [2.45, 2.75) is 38.3 Å². The van der Waals surface area contributed by atoms with Crippen molar-refractivity contribution in [2.24, 2.45) is 0 Å². The lowest BCUT2D eigenvalue weighted by molar-refractivity contribution is -0.166. The highest BCUT2D eigenvalue weighted by Crippen LogP contribution is 2.28. The smallest absolute Gasteiger partial charge is 0.225 e. The Hall–Kier alpha value is -2.62. The van der Waals surface area contributed by atoms with Crippen LogP contribution in [0.4, 0.5) is 0 Å². The lowest BCUT2D eigenvalue weighted by Crippen LogP contribution is -2.59. The third-order valence-electron chi connectivity index (χ3n) is 6.90. The van der Waals surface area contributed by atoms with Crippen molar-refractivity contribution >= 4 is 23.4 Å². The second-order valence-corrected chi connectivity index (χ2v) is 10.2. The largest absolute Gasteiger partial charge is 0.490 e. The molecule has 0 radical (unpaired) electrons. The summed E-state index contributed by atoms with van der Waals surface area (Å²) in [5.41, 5.74) is -0.000536. The summed E-state index contributed by atoms with van der Waals surface area (Å²) in [6, 6.07) is 7.36. The summed E-state index contributed by atoms with van der Waals surface area (Å²) >= 11 is 6.17. The van der Waals surface area contributed by atoms with E-state index in [2.05, 4.69) is 17.0 Å². The highest BCUT2D eigenvalue weighted by Gasteiger charge is 2.42. The second-order valence-electron chi connectivity index (χ2n) is 9.78. The standard InChI is InChI=1S/C26H36ClN5O4/c1-21-17-22(6-7-23(21)27)35-20-26(18-25(34)30-13-11-29(2)12-14-30)19-31(15-16-36-26)24(33)5-3-9-32-10-4-8-28-32/h4,6-8,10,17H,3,5,9,11-16,18-20H2,1-2H3. The Balaban J connectivity index is 1.43. The van der Waals surface area contributed by atoms with Crippen molar-refractivity contribution in [1.29, 1.82) is 0 Å². The van der Waals surface area contributed by atoms with Gasteiger partial charge in [0.05, 0.1) is 19.6 Å². The predicted molar refractivity (Wildman–Crippen MR) is 137 cm³/mol. The van der Waals surface area contributed by atoms with Gasteiger partial charge in [-0.15, -0.1) is 0 Å². The number of likely N-dealkylation sites (N-methyl/N-ethyl adjacent to an activating group) is 1. The molecule has 9 nitrogen and oxygen atoms in total. The van der Waals surface area contributed by atoms with Gasteiger partial charge in [0.1, 0.15) is 18.0 Å². The number of rotatable bonds is 9. The molecule has 2 aromatic rings. The molecule has 1 atom stereocenters. The molecular weight excluding hydrogens is 482 g/mol. The van der Waals surface area contributed by atoms with E-state index in [0.717, 1.165) is 18.7 Å². The van der Waals surface area contributed by atoms with Gasteiger partial charge in [-0.25, -0.2) is 0 Å². The maximum absolute atomic E-state index is 13.3. The van der Waals surface area contributed by atoms with Crippen molar-refractivity contribution < 1.29 is 19.1 Å². The summed E-state index contributed by atoms with van der Waals surface area (Å²) in [6.07, 6.45) is 4.91. The van der Waals surface area contributed by atoms with Gasteiger partial charge in [-0.3, -0.25) is 14.3 Å². The Labute approximate surface area is 217 Å². The molecule has 0 aliphatic carbocycles. The van der Waals surface area contributed by atoms with E-state index in [9.17, 15) is 9.59 Å². The van der Waals surface area contributed by atoms with Crippen LogP contribution in [-0.4, -0.2) is 101 Å². The van der Waals surface area contributed by atoms with Crippen molar-refractivity contribution in [3.05, 3.63) is 47.2 Å². The first-order valence-corrected chi connectivity index (χ1v) is 13.0. The summed E-state index contributed by atoms with van der Waals surface area (Å²) in [4.78, 5) is 32.3. The molecule has 1 unspecified atom stereocenters. The normalized spacial score (nSPS) is 21.0. The number of hydrogen-bond acceptors (Lipinski definition) is 6. The third kappa shape index (κ3) is 6.99. The zero-order chi connectivity index (χ0) is 25.5. The lowest BCUT2D eigenvalue weighted by Gasteiger charge is -2.43. The molecule has 36 heavy (non-hydrogen) atoms. The van der Waals surface area contributed by atoms with Gasteiger partial charge in [-0.1, -0.05) is 11.6 Å². The summed E-state index contributed by atoms with van der Waals surface area (Å²) in [7, 11) is 2.06. The number of benzene rings is 1. The van der Waals surface area contributed by atoms with Crippen LogP contribution in [0.15, 0.2) is 36.7 Å². The fourth-order valence-corrected chi connectivity index (χ4v) is 4.77. The van der Waals surface area contributed by atoms with Crippen molar-refractivity contribution in [3.8, 4) is 5.75 Å². The van der Waals surface area contributed by atoms with Gasteiger partial charge >= 0.3 is 0 Å². The molecular formula is C26H36ClN5O4. The Kier molecular flexibility index (Phi) is 8.87. The van der Waals surface area contributed by atoms with E-state index < -0.39 is 5.60 Å². The SMILES string of the molecule is Cc1cc(OCC2(CC(=O)N3CCN(C)CC3)CN(C(=O)CCCn3cccn3)CCO2)ccc1Cl. The topological polar surface area (TPSA) is 80.1 Å². The molecule has 0 bridgehead atoms. The average molecular weight is 518 g/mol. The third-order valence-corrected chi connectivity index (χ3v) is 7.32. The van der Waals surface area contributed by atoms with Gasteiger partial charge in [-0.2, -0.15) is 5.10 Å². The van der Waals surface area contributed by atoms with Crippen molar-refractivity contribution in [2.75, 3.05) is 59.5 Å². The zero-order valence-corrected chi connectivity index (χ0v) is 22.0. The summed E-state index contributed by atoms with van der Waals surface area (Å²) in [6.45, 7) is 7.05. The number of morpholine rings is 1. The number of piperazine rings is 1. The number of carbonyl (C=O) groups excluding carboxylic acids is 2. The maximum Gasteiger partial charge on any atom is 0.225 e. The van der Waals surface area contributed by atoms with Crippen LogP contribution in [0.3, 0.4) is 0 Å². The van der Waals surface area contributed by atoms with E-state index in [-0.39, 0.29) is 24.8 Å². The van der Waals surface area contributed by atoms with Gasteiger partial charge in [0.2, 0.25) is 11.8 Å². The fourth-order valence-electron chi connectivity index (χ4n) is 4.65. The highest BCUT2D eigenvalue weighted by molar-refractivity contribution is 6.31. The van der Waals surface area contributed by atoms with E-state index in [1.165, 1.54) is 0 Å². The van der Waals surface area contributed by atoms with Crippen LogP contribution in [0.25, 0.3) is 0 Å². The lowest BCUT2D eigenvalue weighted by atomic mass is 9.96. The van der Waals surface area contributed by atoms with Crippen molar-refractivity contribution in [1.82, 2.24) is 24.5 Å². The molecule has 2 aliphatic rings. The monoisotopic (exact) mass is 517 g/mol. The molecule has 2 fully saturated rings. The predicted octanol–water partition coefficient (Wildman–Crippen LogP) is 2.47. The van der Waals surface area contributed by atoms with E-state index in [1.54, 1.807) is 12.3 Å². The van der Waals surface area contributed by atoms with Gasteiger partial charge in [0.15, 0.2) is 0 Å². The van der Waals surface area contributed by atoms with Gasteiger partial charge in [0.25, 0.3) is 0 Å². The van der Waals surface area contributed by atoms with Gasteiger partial charge in [0, 0.05) is 63.1 Å². The van der Waals surface area contributed by atoms with Crippen LogP contribution in [0.5, 0.6) is 5.75 Å². The van der Waals surface area contributed by atoms with E-state index in [1.807, 2.05) is 45.8 Å².